The van der Waals surface area contributed by atoms with Gasteiger partial charge in [-0.25, -0.2) is 8.42 Å². The van der Waals surface area contributed by atoms with Crippen molar-refractivity contribution in [2.75, 3.05) is 6.54 Å². The van der Waals surface area contributed by atoms with Crippen LogP contribution in [0, 0.1) is 6.92 Å². The molecule has 1 heterocycles. The van der Waals surface area contributed by atoms with Crippen molar-refractivity contribution in [1.29, 1.82) is 0 Å². The van der Waals surface area contributed by atoms with E-state index in [0.29, 0.717) is 18.5 Å². The van der Waals surface area contributed by atoms with E-state index in [2.05, 4.69) is 41.3 Å². The first kappa shape index (κ1) is 25.4. The number of aliphatic hydroxyl groups is 1. The van der Waals surface area contributed by atoms with E-state index in [-0.39, 0.29) is 4.90 Å². The van der Waals surface area contributed by atoms with Crippen molar-refractivity contribution in [3.63, 3.8) is 0 Å². The molecule has 37 heavy (non-hydrogen) atoms. The average Bonchev–Trinajstić information content (AvgIpc) is 3.42. The van der Waals surface area contributed by atoms with Crippen LogP contribution in [-0.4, -0.2) is 35.9 Å². The van der Waals surface area contributed by atoms with Crippen LogP contribution in [0.1, 0.15) is 42.0 Å². The third kappa shape index (κ3) is 4.11. The summed E-state index contributed by atoms with van der Waals surface area (Å²) in [5, 5.41) is 12.1. The van der Waals surface area contributed by atoms with Crippen LogP contribution >= 0.6 is 0 Å². The minimum atomic E-state index is -4.08. The molecule has 4 aromatic rings. The molecule has 1 aliphatic heterocycles. The number of rotatable bonds is 7. The van der Waals surface area contributed by atoms with Crippen LogP contribution in [0.4, 0.5) is 0 Å². The number of aryl methyl sites for hydroxylation is 1. The molecule has 0 spiro atoms. The summed E-state index contributed by atoms with van der Waals surface area (Å²) in [7, 11) is -4.08. The molecule has 0 aromatic heterocycles. The molecule has 1 saturated heterocycles. The summed E-state index contributed by atoms with van der Waals surface area (Å²) in [6, 6.07) is 36.9. The van der Waals surface area contributed by atoms with Crippen molar-refractivity contribution in [3.8, 4) is 0 Å². The number of hydrogen-bond donors (Lipinski definition) is 1. The van der Waals surface area contributed by atoms with Crippen molar-refractivity contribution in [1.82, 2.24) is 4.90 Å². The number of sulfone groups is 1. The van der Waals surface area contributed by atoms with E-state index in [1.807, 2.05) is 60.7 Å². The zero-order valence-corrected chi connectivity index (χ0v) is 22.1. The molecular weight excluding hydrogens is 478 g/mol. The van der Waals surface area contributed by atoms with E-state index in [9.17, 15) is 13.5 Å². The molecule has 5 heteroatoms. The van der Waals surface area contributed by atoms with Crippen molar-refractivity contribution in [3.05, 3.63) is 138 Å². The highest BCUT2D eigenvalue weighted by Crippen LogP contribution is 2.49. The lowest BCUT2D eigenvalue weighted by Crippen LogP contribution is -2.59. The Labute approximate surface area is 220 Å². The van der Waals surface area contributed by atoms with Gasteiger partial charge in [-0.2, -0.15) is 0 Å². The predicted octanol–water partition coefficient (Wildman–Crippen LogP) is 5.93. The van der Waals surface area contributed by atoms with Crippen molar-refractivity contribution in [2.24, 2.45) is 0 Å². The van der Waals surface area contributed by atoms with Crippen LogP contribution in [0.3, 0.4) is 0 Å². The Morgan fingerprint density at radius 1 is 0.730 bits per heavy atom. The van der Waals surface area contributed by atoms with Crippen molar-refractivity contribution >= 4 is 9.84 Å². The zero-order chi connectivity index (χ0) is 26.1. The fourth-order valence-electron chi connectivity index (χ4n) is 6.02. The van der Waals surface area contributed by atoms with Gasteiger partial charge < -0.3 is 5.11 Å². The number of likely N-dealkylation sites (tertiary alicyclic amines) is 1. The predicted molar refractivity (Wildman–Crippen MR) is 148 cm³/mol. The molecule has 190 valence electrons. The summed E-state index contributed by atoms with van der Waals surface area (Å²) in [6.45, 7) is 3.89. The van der Waals surface area contributed by atoms with Crippen LogP contribution in [0.5, 0.6) is 0 Å². The molecule has 0 bridgehead atoms. The van der Waals surface area contributed by atoms with Gasteiger partial charge in [0.2, 0.25) is 9.84 Å². The van der Waals surface area contributed by atoms with Gasteiger partial charge in [-0.05, 0) is 55.0 Å². The first-order chi connectivity index (χ1) is 17.8. The summed E-state index contributed by atoms with van der Waals surface area (Å²) in [5.41, 5.74) is 2.93. The summed E-state index contributed by atoms with van der Waals surface area (Å²) >= 11 is 0. The van der Waals surface area contributed by atoms with Gasteiger partial charge in [-0.15, -0.1) is 0 Å². The van der Waals surface area contributed by atoms with Crippen LogP contribution in [0.2, 0.25) is 0 Å². The molecule has 0 radical (unpaired) electrons. The minimum Gasteiger partial charge on any atom is -0.373 e. The quantitative estimate of drug-likeness (QED) is 0.312. The molecule has 1 N–H and O–H groups in total. The van der Waals surface area contributed by atoms with Crippen molar-refractivity contribution < 1.29 is 13.5 Å². The van der Waals surface area contributed by atoms with Crippen LogP contribution in [-0.2, 0) is 15.4 Å². The number of hydrogen-bond acceptors (Lipinski definition) is 4. The topological polar surface area (TPSA) is 57.6 Å². The smallest absolute Gasteiger partial charge is 0.209 e. The van der Waals surface area contributed by atoms with Crippen LogP contribution in [0.25, 0.3) is 0 Å². The van der Waals surface area contributed by atoms with Gasteiger partial charge in [-0.3, -0.25) is 4.90 Å². The molecule has 0 amide bonds. The summed E-state index contributed by atoms with van der Waals surface area (Å²) < 4.78 is 28.1. The maximum absolute atomic E-state index is 14.1. The van der Waals surface area contributed by atoms with Gasteiger partial charge in [0.05, 0.1) is 16.5 Å². The maximum atomic E-state index is 14.1. The van der Waals surface area contributed by atoms with E-state index in [1.54, 1.807) is 25.1 Å². The first-order valence-corrected chi connectivity index (χ1v) is 14.3. The first-order valence-electron chi connectivity index (χ1n) is 12.8. The minimum absolute atomic E-state index is 0.177. The van der Waals surface area contributed by atoms with Crippen molar-refractivity contribution in [2.45, 2.75) is 48.1 Å². The van der Waals surface area contributed by atoms with Gasteiger partial charge in [-0.1, -0.05) is 109 Å². The van der Waals surface area contributed by atoms with Gasteiger partial charge in [0, 0.05) is 6.54 Å². The largest absolute Gasteiger partial charge is 0.373 e. The lowest BCUT2D eigenvalue weighted by Gasteiger charge is -2.49. The third-order valence-electron chi connectivity index (χ3n) is 7.80. The lowest BCUT2D eigenvalue weighted by molar-refractivity contribution is 0.0148. The SMILES string of the molecule is Cc1ccccc1S(=O)(=O)[C@](C)(O)[C@@H]1CCCN1C(c1ccccc1)(c1ccccc1)c1ccccc1. The Hall–Kier alpha value is -3.25. The molecule has 0 aliphatic carbocycles. The highest BCUT2D eigenvalue weighted by Gasteiger charge is 2.56. The van der Waals surface area contributed by atoms with E-state index in [1.165, 1.54) is 6.92 Å². The van der Waals surface area contributed by atoms with E-state index >= 15 is 0 Å². The molecule has 1 fully saturated rings. The van der Waals surface area contributed by atoms with E-state index in [0.717, 1.165) is 23.1 Å². The molecular formula is C32H33NO3S. The Balaban J connectivity index is 1.77. The van der Waals surface area contributed by atoms with Gasteiger partial charge in [0.1, 0.15) is 0 Å². The van der Waals surface area contributed by atoms with E-state index < -0.39 is 26.4 Å². The molecule has 1 aliphatic rings. The second kappa shape index (κ2) is 9.90. The summed E-state index contributed by atoms with van der Waals surface area (Å²) in [6.07, 6.45) is 1.34. The molecule has 4 nitrogen and oxygen atoms in total. The van der Waals surface area contributed by atoms with Gasteiger partial charge in [0.15, 0.2) is 4.93 Å². The second-order valence-electron chi connectivity index (χ2n) is 9.98. The van der Waals surface area contributed by atoms with Gasteiger partial charge in [0.25, 0.3) is 0 Å². The lowest BCUT2D eigenvalue weighted by atomic mass is 9.75. The van der Waals surface area contributed by atoms with E-state index in [4.69, 9.17) is 0 Å². The van der Waals surface area contributed by atoms with Crippen LogP contribution < -0.4 is 0 Å². The summed E-state index contributed by atoms with van der Waals surface area (Å²) in [5.74, 6) is 0. The highest BCUT2D eigenvalue weighted by atomic mass is 32.2. The molecule has 4 aromatic carbocycles. The Kier molecular flexibility index (Phi) is 6.80. The molecule has 0 saturated carbocycles. The average molecular weight is 512 g/mol. The monoisotopic (exact) mass is 511 g/mol. The van der Waals surface area contributed by atoms with Gasteiger partial charge >= 0.3 is 0 Å². The fourth-order valence-corrected chi connectivity index (χ4v) is 7.82. The maximum Gasteiger partial charge on any atom is 0.209 e. The molecule has 5 rings (SSSR count). The second-order valence-corrected chi connectivity index (χ2v) is 12.3. The zero-order valence-electron chi connectivity index (χ0n) is 21.3. The standard InChI is InChI=1S/C32H33NO3S/c1-25-15-12-13-22-29(25)37(35,36)31(2,34)30-23-14-24-33(30)32(26-16-6-3-7-17-26,27-18-8-4-9-19-27)28-20-10-5-11-21-28/h3-13,15-22,30,34H,14,23-24H2,1-2H3/t30-,31-/m0/s1. The Morgan fingerprint density at radius 2 is 1.16 bits per heavy atom. The van der Waals surface area contributed by atoms with Crippen LogP contribution in [0.15, 0.2) is 120 Å². The normalized spacial score (nSPS) is 18.4. The molecule has 0 unspecified atom stereocenters. The Morgan fingerprint density at radius 3 is 1.62 bits per heavy atom. The summed E-state index contributed by atoms with van der Waals surface area (Å²) in [4.78, 5) is 0.388. The number of nitrogens with zero attached hydrogens (tertiary/aromatic N) is 1. The Bertz CT molecular complexity index is 1360. The number of benzene rings is 4. The molecule has 2 atom stereocenters. The fraction of sp³-hybridized carbons (Fsp3) is 0.250. The third-order valence-corrected chi connectivity index (χ3v) is 10.2. The highest BCUT2D eigenvalue weighted by molar-refractivity contribution is 7.92.